The summed E-state index contributed by atoms with van der Waals surface area (Å²) in [4.78, 5) is 11.4. The van der Waals surface area contributed by atoms with Crippen LogP contribution < -0.4 is 10.2 Å². The first kappa shape index (κ1) is 17.1. The van der Waals surface area contributed by atoms with Gasteiger partial charge in [-0.3, -0.25) is 0 Å². The van der Waals surface area contributed by atoms with Crippen LogP contribution in [0.2, 0.25) is 10.0 Å². The Morgan fingerprint density at radius 3 is 2.65 bits per heavy atom. The van der Waals surface area contributed by atoms with Crippen molar-refractivity contribution in [2.45, 2.75) is 19.9 Å². The summed E-state index contributed by atoms with van der Waals surface area (Å²) in [5.41, 5.74) is 3.51. The molecule has 1 aromatic heterocycles. The van der Waals surface area contributed by atoms with Crippen molar-refractivity contribution in [1.29, 1.82) is 0 Å². The lowest BCUT2D eigenvalue weighted by Crippen LogP contribution is -2.31. The lowest BCUT2D eigenvalue weighted by Gasteiger charge is -2.30. The minimum Gasteiger partial charge on any atom is -0.352 e. The number of rotatable bonds is 3. The topological polar surface area (TPSA) is 41.1 Å². The first-order valence-corrected chi connectivity index (χ1v) is 9.23. The normalized spacial score (nSPS) is 13.4. The summed E-state index contributed by atoms with van der Waals surface area (Å²) in [6, 6.07) is 15.7. The average Bonchev–Trinajstić information content (AvgIpc) is 2.61. The van der Waals surface area contributed by atoms with Crippen LogP contribution in [0.4, 0.5) is 17.3 Å². The molecule has 4 nitrogen and oxygen atoms in total. The second kappa shape index (κ2) is 7.14. The number of nitrogens with zero attached hydrogens (tertiary/aromatic N) is 3. The van der Waals surface area contributed by atoms with Gasteiger partial charge in [-0.1, -0.05) is 35.3 Å². The summed E-state index contributed by atoms with van der Waals surface area (Å²) in [6.45, 7) is 3.63. The highest BCUT2D eigenvalue weighted by molar-refractivity contribution is 6.31. The molecule has 0 aliphatic carbocycles. The smallest absolute Gasteiger partial charge is 0.136 e. The van der Waals surface area contributed by atoms with E-state index in [0.29, 0.717) is 5.02 Å². The van der Waals surface area contributed by atoms with Gasteiger partial charge in [0.05, 0.1) is 0 Å². The second-order valence-electron chi connectivity index (χ2n) is 6.38. The van der Waals surface area contributed by atoms with E-state index in [0.717, 1.165) is 47.7 Å². The number of hydrogen-bond donors (Lipinski definition) is 1. The summed E-state index contributed by atoms with van der Waals surface area (Å²) in [6.07, 6.45) is 0.954. The van der Waals surface area contributed by atoms with E-state index in [2.05, 4.69) is 32.3 Å². The maximum absolute atomic E-state index is 6.11. The molecule has 0 atom stereocenters. The Bertz CT molecular complexity index is 958. The van der Waals surface area contributed by atoms with Crippen molar-refractivity contribution in [1.82, 2.24) is 9.97 Å². The Labute approximate surface area is 162 Å². The lowest BCUT2D eigenvalue weighted by atomic mass is 10.00. The number of hydrogen-bond acceptors (Lipinski definition) is 4. The van der Waals surface area contributed by atoms with Crippen LogP contribution in [0.1, 0.15) is 17.0 Å². The predicted molar refractivity (Wildman–Crippen MR) is 108 cm³/mol. The molecule has 1 aliphatic rings. The maximum atomic E-state index is 6.11. The molecule has 0 saturated heterocycles. The Hall–Kier alpha value is -2.30. The Balaban J connectivity index is 1.59. The highest BCUT2D eigenvalue weighted by Gasteiger charge is 2.18. The van der Waals surface area contributed by atoms with Gasteiger partial charge in [-0.25, -0.2) is 9.97 Å². The fourth-order valence-electron chi connectivity index (χ4n) is 3.21. The molecule has 1 N–H and O–H groups in total. The number of benzene rings is 2. The van der Waals surface area contributed by atoms with Crippen LogP contribution in [0.25, 0.3) is 0 Å². The van der Waals surface area contributed by atoms with Gasteiger partial charge < -0.3 is 10.2 Å². The van der Waals surface area contributed by atoms with E-state index in [4.69, 9.17) is 23.2 Å². The van der Waals surface area contributed by atoms with E-state index >= 15 is 0 Å². The van der Waals surface area contributed by atoms with Crippen LogP contribution in [0.5, 0.6) is 0 Å². The molecule has 0 bridgehead atoms. The van der Waals surface area contributed by atoms with Gasteiger partial charge in [0.2, 0.25) is 0 Å². The Morgan fingerprint density at radius 1 is 0.962 bits per heavy atom. The van der Waals surface area contributed by atoms with Gasteiger partial charge in [0, 0.05) is 34.9 Å². The van der Waals surface area contributed by atoms with Crippen LogP contribution in [0.3, 0.4) is 0 Å². The number of halogens is 2. The molecule has 0 radical (unpaired) electrons. The van der Waals surface area contributed by atoms with Crippen molar-refractivity contribution >= 4 is 40.5 Å². The van der Waals surface area contributed by atoms with Crippen LogP contribution in [-0.4, -0.2) is 16.5 Å². The molecular formula is C20H18Cl2N4. The fourth-order valence-corrected chi connectivity index (χ4v) is 3.59. The van der Waals surface area contributed by atoms with Crippen molar-refractivity contribution < 1.29 is 0 Å². The van der Waals surface area contributed by atoms with Gasteiger partial charge in [-0.05, 0) is 54.8 Å². The van der Waals surface area contributed by atoms with Crippen LogP contribution in [0.15, 0.2) is 48.5 Å². The van der Waals surface area contributed by atoms with Gasteiger partial charge in [0.1, 0.15) is 17.5 Å². The molecule has 3 aromatic rings. The van der Waals surface area contributed by atoms with Crippen molar-refractivity contribution in [3.8, 4) is 0 Å². The number of nitrogens with one attached hydrogen (secondary N) is 1. The summed E-state index contributed by atoms with van der Waals surface area (Å²) in [5.74, 6) is 2.41. The molecule has 0 spiro atoms. The summed E-state index contributed by atoms with van der Waals surface area (Å²) in [5, 5.41) is 4.79. The molecule has 0 unspecified atom stereocenters. The van der Waals surface area contributed by atoms with Crippen LogP contribution in [0, 0.1) is 6.92 Å². The molecule has 1 aliphatic heterocycles. The van der Waals surface area contributed by atoms with Gasteiger partial charge in [-0.2, -0.15) is 0 Å². The third-order valence-corrected chi connectivity index (χ3v) is 4.90. The number of aromatic nitrogens is 2. The zero-order valence-electron chi connectivity index (χ0n) is 14.3. The maximum Gasteiger partial charge on any atom is 0.136 e. The van der Waals surface area contributed by atoms with E-state index in [-0.39, 0.29) is 0 Å². The fraction of sp³-hybridized carbons (Fsp3) is 0.200. The zero-order chi connectivity index (χ0) is 18.1. The summed E-state index contributed by atoms with van der Waals surface area (Å²) >= 11 is 12.2. The minimum atomic E-state index is 0.687. The molecule has 4 rings (SSSR count). The quantitative estimate of drug-likeness (QED) is 0.656. The predicted octanol–water partition coefficient (Wildman–Crippen LogP) is 5.40. The molecule has 2 heterocycles. The highest BCUT2D eigenvalue weighted by atomic mass is 35.5. The molecule has 0 amide bonds. The summed E-state index contributed by atoms with van der Waals surface area (Å²) in [7, 11) is 0. The SMILES string of the molecule is Cc1nc(Nc2cccc(Cl)c2)cc(N2CCc3cc(Cl)ccc3C2)n1. The van der Waals surface area contributed by atoms with Crippen LogP contribution >= 0.6 is 23.2 Å². The third kappa shape index (κ3) is 3.76. The molecule has 0 saturated carbocycles. The highest BCUT2D eigenvalue weighted by Crippen LogP contribution is 2.27. The van der Waals surface area contributed by atoms with Gasteiger partial charge in [0.25, 0.3) is 0 Å². The monoisotopic (exact) mass is 384 g/mol. The van der Waals surface area contributed by atoms with Gasteiger partial charge >= 0.3 is 0 Å². The Kier molecular flexibility index (Phi) is 4.70. The number of anilines is 3. The van der Waals surface area contributed by atoms with Crippen LogP contribution in [-0.2, 0) is 13.0 Å². The number of fused-ring (bicyclic) bond motifs is 1. The van der Waals surface area contributed by atoms with E-state index in [1.165, 1.54) is 11.1 Å². The zero-order valence-corrected chi connectivity index (χ0v) is 15.8. The van der Waals surface area contributed by atoms with Gasteiger partial charge in [-0.15, -0.1) is 0 Å². The third-order valence-electron chi connectivity index (χ3n) is 4.43. The molecule has 2 aromatic carbocycles. The van der Waals surface area contributed by atoms with E-state index in [1.807, 2.05) is 43.3 Å². The van der Waals surface area contributed by atoms with E-state index in [1.54, 1.807) is 0 Å². The largest absolute Gasteiger partial charge is 0.352 e. The molecule has 6 heteroatoms. The molecule has 0 fully saturated rings. The minimum absolute atomic E-state index is 0.687. The average molecular weight is 385 g/mol. The molecule has 132 valence electrons. The summed E-state index contributed by atoms with van der Waals surface area (Å²) < 4.78 is 0. The van der Waals surface area contributed by atoms with Crippen molar-refractivity contribution in [2.24, 2.45) is 0 Å². The van der Waals surface area contributed by atoms with Crippen molar-refractivity contribution in [2.75, 3.05) is 16.8 Å². The van der Waals surface area contributed by atoms with Gasteiger partial charge in [0.15, 0.2) is 0 Å². The molecule has 26 heavy (non-hydrogen) atoms. The van der Waals surface area contributed by atoms with Crippen molar-refractivity contribution in [3.05, 3.63) is 75.5 Å². The first-order valence-electron chi connectivity index (χ1n) is 8.47. The lowest BCUT2D eigenvalue weighted by molar-refractivity contribution is 0.717. The number of aryl methyl sites for hydroxylation is 1. The Morgan fingerprint density at radius 2 is 1.81 bits per heavy atom. The standard InChI is InChI=1S/C20H18Cl2N4/c1-13-23-19(25-18-4-2-3-16(21)10-18)11-20(24-13)26-8-7-14-9-17(22)6-5-15(14)12-26/h2-6,9-11H,7-8,12H2,1H3,(H,23,24,25). The van der Waals surface area contributed by atoms with Crippen molar-refractivity contribution in [3.63, 3.8) is 0 Å². The van der Waals surface area contributed by atoms with E-state index < -0.39 is 0 Å². The molecular weight excluding hydrogens is 367 g/mol. The first-order chi connectivity index (χ1) is 12.6. The second-order valence-corrected chi connectivity index (χ2v) is 7.25. The van der Waals surface area contributed by atoms with E-state index in [9.17, 15) is 0 Å².